The second kappa shape index (κ2) is 6.07. The van der Waals surface area contributed by atoms with Crippen LogP contribution < -0.4 is 0 Å². The van der Waals surface area contributed by atoms with Gasteiger partial charge in [0.1, 0.15) is 0 Å². The minimum Gasteiger partial charge on any atom is -0.295 e. The molecule has 3 rings (SSSR count). The van der Waals surface area contributed by atoms with Crippen molar-refractivity contribution in [3.63, 3.8) is 0 Å². The molecule has 4 nitrogen and oxygen atoms in total. The second-order valence-corrected chi connectivity index (χ2v) is 7.79. The molecule has 1 aromatic rings. The van der Waals surface area contributed by atoms with Crippen molar-refractivity contribution in [3.05, 3.63) is 29.8 Å². The fourth-order valence-electron chi connectivity index (χ4n) is 3.52. The van der Waals surface area contributed by atoms with Gasteiger partial charge in [-0.05, 0) is 51.3 Å². The van der Waals surface area contributed by atoms with E-state index < -0.39 is 10.1 Å². The molecule has 0 saturated carbocycles. The van der Waals surface area contributed by atoms with E-state index in [-0.39, 0.29) is 17.5 Å². The van der Waals surface area contributed by atoms with E-state index in [9.17, 15) is 8.42 Å². The lowest BCUT2D eigenvalue weighted by molar-refractivity contribution is 0.0840. The topological polar surface area (TPSA) is 46.6 Å². The number of aryl methyl sites for hydroxylation is 1. The van der Waals surface area contributed by atoms with E-state index in [2.05, 4.69) is 4.90 Å². The molecule has 0 amide bonds. The van der Waals surface area contributed by atoms with E-state index >= 15 is 0 Å². The van der Waals surface area contributed by atoms with Gasteiger partial charge in [0.25, 0.3) is 10.1 Å². The molecule has 0 aliphatic carbocycles. The van der Waals surface area contributed by atoms with Crippen LogP contribution in [-0.4, -0.2) is 38.6 Å². The van der Waals surface area contributed by atoms with Gasteiger partial charge in [-0.25, -0.2) is 0 Å². The van der Waals surface area contributed by atoms with E-state index in [0.717, 1.165) is 18.5 Å². The molecular formula is C16H23NO3S. The molecule has 5 heteroatoms. The summed E-state index contributed by atoms with van der Waals surface area (Å²) >= 11 is 0. The molecule has 2 heterocycles. The first-order valence-electron chi connectivity index (χ1n) is 7.78. The zero-order chi connectivity index (χ0) is 14.9. The van der Waals surface area contributed by atoms with E-state index in [4.69, 9.17) is 4.18 Å². The molecule has 1 aromatic carbocycles. The standard InChI is InChI=1S/C16H23NO3S/c1-13-7-9-16(10-8-13)21(18,19)20-12-15-5-2-4-14-6-3-11-17(14)15/h7-10,14-15H,2-6,11-12H2,1H3/t14-,15+/m1/s1. The average molecular weight is 309 g/mol. The molecule has 116 valence electrons. The second-order valence-electron chi connectivity index (χ2n) is 6.17. The lowest BCUT2D eigenvalue weighted by atomic mass is 9.97. The lowest BCUT2D eigenvalue weighted by Gasteiger charge is -2.37. The summed E-state index contributed by atoms with van der Waals surface area (Å²) in [5.41, 5.74) is 1.04. The summed E-state index contributed by atoms with van der Waals surface area (Å²) in [5.74, 6) is 0. The zero-order valence-corrected chi connectivity index (χ0v) is 13.3. The van der Waals surface area contributed by atoms with Gasteiger partial charge in [0.15, 0.2) is 0 Å². The number of benzene rings is 1. The summed E-state index contributed by atoms with van der Waals surface area (Å²) in [6.07, 6.45) is 5.95. The fourth-order valence-corrected chi connectivity index (χ4v) is 4.47. The van der Waals surface area contributed by atoms with Crippen LogP contribution in [0.2, 0.25) is 0 Å². The van der Waals surface area contributed by atoms with Crippen molar-refractivity contribution >= 4 is 10.1 Å². The highest BCUT2D eigenvalue weighted by Crippen LogP contribution is 2.31. The smallest absolute Gasteiger partial charge is 0.295 e. The maximum absolute atomic E-state index is 12.2. The molecule has 2 aliphatic rings. The van der Waals surface area contributed by atoms with Crippen molar-refractivity contribution in [2.24, 2.45) is 0 Å². The fraction of sp³-hybridized carbons (Fsp3) is 0.625. The van der Waals surface area contributed by atoms with Crippen LogP contribution in [0.4, 0.5) is 0 Å². The number of fused-ring (bicyclic) bond motifs is 1. The van der Waals surface area contributed by atoms with Crippen LogP contribution in [0.25, 0.3) is 0 Å². The lowest BCUT2D eigenvalue weighted by Crippen LogP contribution is -2.45. The van der Waals surface area contributed by atoms with E-state index in [1.54, 1.807) is 24.3 Å². The number of piperidine rings is 1. The maximum atomic E-state index is 12.2. The molecule has 0 spiro atoms. The van der Waals surface area contributed by atoms with Gasteiger partial charge in [0.05, 0.1) is 11.5 Å². The zero-order valence-electron chi connectivity index (χ0n) is 12.5. The summed E-state index contributed by atoms with van der Waals surface area (Å²) in [6, 6.07) is 7.73. The molecule has 0 aromatic heterocycles. The first kappa shape index (κ1) is 15.0. The Bertz CT molecular complexity index is 582. The monoisotopic (exact) mass is 309 g/mol. The molecule has 0 radical (unpaired) electrons. The first-order chi connectivity index (χ1) is 10.1. The average Bonchev–Trinajstić information content (AvgIpc) is 2.94. The highest BCUT2D eigenvalue weighted by atomic mass is 32.2. The minimum atomic E-state index is -3.63. The normalized spacial score (nSPS) is 26.7. The van der Waals surface area contributed by atoms with Crippen LogP contribution in [0.1, 0.15) is 37.7 Å². The van der Waals surface area contributed by atoms with Gasteiger partial charge >= 0.3 is 0 Å². The molecule has 2 fully saturated rings. The molecule has 0 N–H and O–H groups in total. The van der Waals surface area contributed by atoms with Crippen molar-refractivity contribution < 1.29 is 12.6 Å². The molecule has 21 heavy (non-hydrogen) atoms. The van der Waals surface area contributed by atoms with Gasteiger partial charge in [-0.1, -0.05) is 24.1 Å². The summed E-state index contributed by atoms with van der Waals surface area (Å²) < 4.78 is 29.8. The molecule has 0 bridgehead atoms. The van der Waals surface area contributed by atoms with E-state index in [1.165, 1.54) is 25.7 Å². The van der Waals surface area contributed by atoms with Gasteiger partial charge < -0.3 is 0 Å². The van der Waals surface area contributed by atoms with Crippen LogP contribution in [0.5, 0.6) is 0 Å². The number of nitrogens with zero attached hydrogens (tertiary/aromatic N) is 1. The Morgan fingerprint density at radius 1 is 1.14 bits per heavy atom. The molecule has 2 aliphatic heterocycles. The number of hydrogen-bond acceptors (Lipinski definition) is 4. The van der Waals surface area contributed by atoms with Gasteiger partial charge in [-0.15, -0.1) is 0 Å². The quantitative estimate of drug-likeness (QED) is 0.802. The molecular weight excluding hydrogens is 286 g/mol. The largest absolute Gasteiger partial charge is 0.297 e. The van der Waals surface area contributed by atoms with Crippen molar-refractivity contribution in [1.29, 1.82) is 0 Å². The summed E-state index contributed by atoms with van der Waals surface area (Å²) in [7, 11) is -3.63. The van der Waals surface area contributed by atoms with Crippen LogP contribution >= 0.6 is 0 Å². The third kappa shape index (κ3) is 3.30. The Morgan fingerprint density at radius 3 is 2.62 bits per heavy atom. The van der Waals surface area contributed by atoms with Crippen molar-refractivity contribution in [1.82, 2.24) is 4.90 Å². The van der Waals surface area contributed by atoms with Crippen LogP contribution in [0.15, 0.2) is 29.2 Å². The van der Waals surface area contributed by atoms with Crippen LogP contribution in [0.3, 0.4) is 0 Å². The van der Waals surface area contributed by atoms with Gasteiger partial charge in [0, 0.05) is 12.1 Å². The first-order valence-corrected chi connectivity index (χ1v) is 9.19. The van der Waals surface area contributed by atoms with Crippen molar-refractivity contribution in [2.75, 3.05) is 13.2 Å². The van der Waals surface area contributed by atoms with Gasteiger partial charge in [-0.2, -0.15) is 8.42 Å². The third-order valence-electron chi connectivity index (χ3n) is 4.69. The molecule has 2 atom stereocenters. The van der Waals surface area contributed by atoms with Crippen molar-refractivity contribution in [3.8, 4) is 0 Å². The number of rotatable bonds is 4. The van der Waals surface area contributed by atoms with E-state index in [1.807, 2.05) is 6.92 Å². The molecule has 0 unspecified atom stereocenters. The van der Waals surface area contributed by atoms with E-state index in [0.29, 0.717) is 6.04 Å². The highest BCUT2D eigenvalue weighted by Gasteiger charge is 2.34. The minimum absolute atomic E-state index is 0.252. The number of hydrogen-bond donors (Lipinski definition) is 0. The van der Waals surface area contributed by atoms with Crippen molar-refractivity contribution in [2.45, 2.75) is 56.0 Å². The maximum Gasteiger partial charge on any atom is 0.297 e. The summed E-state index contributed by atoms with van der Waals surface area (Å²) in [4.78, 5) is 2.70. The Labute approximate surface area is 127 Å². The Morgan fingerprint density at radius 2 is 1.86 bits per heavy atom. The third-order valence-corrected chi connectivity index (χ3v) is 5.99. The molecule has 2 saturated heterocycles. The Hall–Kier alpha value is -0.910. The van der Waals surface area contributed by atoms with Gasteiger partial charge in [0.2, 0.25) is 0 Å². The predicted octanol–water partition coefficient (Wildman–Crippen LogP) is 2.72. The summed E-state index contributed by atoms with van der Waals surface area (Å²) in [6.45, 7) is 3.31. The summed E-state index contributed by atoms with van der Waals surface area (Å²) in [5, 5.41) is 0. The highest BCUT2D eigenvalue weighted by molar-refractivity contribution is 7.86. The van der Waals surface area contributed by atoms with Gasteiger partial charge in [-0.3, -0.25) is 9.08 Å². The predicted molar refractivity (Wildman–Crippen MR) is 81.7 cm³/mol. The van der Waals surface area contributed by atoms with Crippen LogP contribution in [0, 0.1) is 6.92 Å². The SMILES string of the molecule is Cc1ccc(S(=O)(=O)OC[C@@H]2CCC[C@@H]3CCCN32)cc1. The van der Waals surface area contributed by atoms with Crippen LogP contribution in [-0.2, 0) is 14.3 Å². The Kier molecular flexibility index (Phi) is 4.33. The Balaban J connectivity index is 1.64.